The zero-order chi connectivity index (χ0) is 12.6. The van der Waals surface area contributed by atoms with Crippen molar-refractivity contribution in [1.29, 1.82) is 0 Å². The number of nitrogens with one attached hydrogen (secondary N) is 1. The van der Waals surface area contributed by atoms with Crippen LogP contribution in [-0.2, 0) is 4.74 Å². The van der Waals surface area contributed by atoms with Crippen LogP contribution in [0.15, 0.2) is 18.2 Å². The van der Waals surface area contributed by atoms with Crippen LogP contribution in [-0.4, -0.2) is 18.2 Å². The summed E-state index contributed by atoms with van der Waals surface area (Å²) < 4.78 is 19.4. The van der Waals surface area contributed by atoms with Gasteiger partial charge in [0.2, 0.25) is 0 Å². The molecule has 1 atom stereocenters. The highest BCUT2D eigenvalue weighted by Crippen LogP contribution is 2.42. The molecule has 1 unspecified atom stereocenters. The standard InChI is InChI=1S/C15H20FNO/c1-11-3-4-12(9-14(11)16)17-13-5-8-18-15(10-13)6-2-7-15/h3-4,9,13,17H,2,5-8,10H2,1H3. The van der Waals surface area contributed by atoms with Crippen LogP contribution >= 0.6 is 0 Å². The Morgan fingerprint density at radius 2 is 2.22 bits per heavy atom. The van der Waals surface area contributed by atoms with Gasteiger partial charge in [0.05, 0.1) is 5.60 Å². The van der Waals surface area contributed by atoms with Crippen LogP contribution in [0.4, 0.5) is 10.1 Å². The van der Waals surface area contributed by atoms with Gasteiger partial charge in [0.25, 0.3) is 0 Å². The first-order valence-corrected chi connectivity index (χ1v) is 6.84. The van der Waals surface area contributed by atoms with Gasteiger partial charge >= 0.3 is 0 Å². The number of benzene rings is 1. The molecule has 1 saturated heterocycles. The van der Waals surface area contributed by atoms with Crippen molar-refractivity contribution in [3.05, 3.63) is 29.6 Å². The second kappa shape index (κ2) is 4.54. The molecule has 2 nitrogen and oxygen atoms in total. The van der Waals surface area contributed by atoms with Gasteiger partial charge in [-0.1, -0.05) is 6.07 Å². The normalized spacial score (nSPS) is 25.8. The third kappa shape index (κ3) is 2.24. The molecule has 3 heteroatoms. The van der Waals surface area contributed by atoms with Gasteiger partial charge < -0.3 is 10.1 Å². The first kappa shape index (κ1) is 12.0. The minimum absolute atomic E-state index is 0.134. The molecule has 1 aliphatic carbocycles. The lowest BCUT2D eigenvalue weighted by Crippen LogP contribution is -2.49. The molecule has 1 N–H and O–H groups in total. The van der Waals surface area contributed by atoms with Crippen LogP contribution in [0.5, 0.6) is 0 Å². The Morgan fingerprint density at radius 1 is 1.39 bits per heavy atom. The maximum absolute atomic E-state index is 13.5. The largest absolute Gasteiger partial charge is 0.382 e. The van der Waals surface area contributed by atoms with E-state index in [9.17, 15) is 4.39 Å². The molecule has 2 aliphatic rings. The van der Waals surface area contributed by atoms with Crippen LogP contribution in [0.25, 0.3) is 0 Å². The topological polar surface area (TPSA) is 21.3 Å². The van der Waals surface area contributed by atoms with E-state index in [0.29, 0.717) is 11.6 Å². The highest BCUT2D eigenvalue weighted by molar-refractivity contribution is 5.46. The molecule has 0 radical (unpaired) electrons. The Kier molecular flexibility index (Phi) is 3.02. The SMILES string of the molecule is Cc1ccc(NC2CCOC3(CCC3)C2)cc1F. The van der Waals surface area contributed by atoms with Gasteiger partial charge in [0.15, 0.2) is 0 Å². The third-order valence-electron chi connectivity index (χ3n) is 4.30. The average molecular weight is 249 g/mol. The van der Waals surface area contributed by atoms with Crippen LogP contribution < -0.4 is 5.32 Å². The van der Waals surface area contributed by atoms with Gasteiger partial charge in [-0.2, -0.15) is 0 Å². The summed E-state index contributed by atoms with van der Waals surface area (Å²) in [5.41, 5.74) is 1.72. The first-order valence-electron chi connectivity index (χ1n) is 6.84. The Bertz CT molecular complexity index is 442. The molecule has 98 valence electrons. The number of hydrogen-bond donors (Lipinski definition) is 1. The second-order valence-electron chi connectivity index (χ2n) is 5.68. The fourth-order valence-corrected chi connectivity index (χ4v) is 2.99. The Morgan fingerprint density at radius 3 is 2.89 bits per heavy atom. The summed E-state index contributed by atoms with van der Waals surface area (Å²) in [6, 6.07) is 5.80. The third-order valence-corrected chi connectivity index (χ3v) is 4.30. The van der Waals surface area contributed by atoms with E-state index in [1.165, 1.54) is 19.3 Å². The van der Waals surface area contributed by atoms with Crippen LogP contribution in [0.2, 0.25) is 0 Å². The van der Waals surface area contributed by atoms with E-state index in [2.05, 4.69) is 5.32 Å². The number of hydrogen-bond acceptors (Lipinski definition) is 2. The lowest BCUT2D eigenvalue weighted by atomic mass is 9.74. The maximum atomic E-state index is 13.5. The predicted octanol–water partition coefficient (Wildman–Crippen LogP) is 3.65. The summed E-state index contributed by atoms with van der Waals surface area (Å²) >= 11 is 0. The van der Waals surface area contributed by atoms with Gasteiger partial charge in [-0.05, 0) is 56.7 Å². The quantitative estimate of drug-likeness (QED) is 0.864. The summed E-state index contributed by atoms with van der Waals surface area (Å²) in [6.45, 7) is 2.61. The second-order valence-corrected chi connectivity index (χ2v) is 5.68. The molecule has 2 fully saturated rings. The van der Waals surface area contributed by atoms with Gasteiger partial charge in [-0.15, -0.1) is 0 Å². The molecule has 0 aromatic heterocycles. The lowest BCUT2D eigenvalue weighted by Gasteiger charge is -2.47. The molecular formula is C15H20FNO. The van der Waals surface area contributed by atoms with E-state index in [1.807, 2.05) is 12.1 Å². The highest BCUT2D eigenvalue weighted by atomic mass is 19.1. The minimum Gasteiger partial charge on any atom is -0.382 e. The fourth-order valence-electron chi connectivity index (χ4n) is 2.99. The van der Waals surface area contributed by atoms with Crippen molar-refractivity contribution in [1.82, 2.24) is 0 Å². The van der Waals surface area contributed by atoms with Crippen molar-refractivity contribution in [2.75, 3.05) is 11.9 Å². The summed E-state index contributed by atoms with van der Waals surface area (Å²) in [7, 11) is 0. The zero-order valence-corrected chi connectivity index (χ0v) is 10.8. The average Bonchev–Trinajstić information content (AvgIpc) is 2.32. The molecule has 0 amide bonds. The molecule has 1 spiro atoms. The molecule has 1 saturated carbocycles. The first-order chi connectivity index (χ1) is 8.67. The van der Waals surface area contributed by atoms with E-state index < -0.39 is 0 Å². The van der Waals surface area contributed by atoms with Gasteiger partial charge in [-0.25, -0.2) is 4.39 Å². The monoisotopic (exact) mass is 249 g/mol. The fraction of sp³-hybridized carbons (Fsp3) is 0.600. The molecule has 1 aromatic carbocycles. The van der Waals surface area contributed by atoms with Crippen LogP contribution in [0.3, 0.4) is 0 Å². The Balaban J connectivity index is 1.66. The van der Waals surface area contributed by atoms with Crippen molar-refractivity contribution in [2.45, 2.75) is 50.7 Å². The summed E-state index contributed by atoms with van der Waals surface area (Å²) in [4.78, 5) is 0. The van der Waals surface area contributed by atoms with Crippen LogP contribution in [0.1, 0.15) is 37.7 Å². The number of halogens is 1. The molecule has 3 rings (SSSR count). The number of anilines is 1. The molecule has 1 aromatic rings. The predicted molar refractivity (Wildman–Crippen MR) is 70.3 cm³/mol. The minimum atomic E-state index is -0.134. The Labute approximate surface area is 108 Å². The van der Waals surface area contributed by atoms with Gasteiger partial charge in [0.1, 0.15) is 5.82 Å². The number of aryl methyl sites for hydroxylation is 1. The smallest absolute Gasteiger partial charge is 0.128 e. The van der Waals surface area contributed by atoms with E-state index in [-0.39, 0.29) is 11.4 Å². The molecule has 1 aliphatic heterocycles. The summed E-state index contributed by atoms with van der Waals surface area (Å²) in [5.74, 6) is -0.134. The lowest BCUT2D eigenvalue weighted by molar-refractivity contribution is -0.130. The molecule has 18 heavy (non-hydrogen) atoms. The van der Waals surface area contributed by atoms with E-state index in [0.717, 1.165) is 25.1 Å². The maximum Gasteiger partial charge on any atom is 0.128 e. The molecule has 1 heterocycles. The van der Waals surface area contributed by atoms with Gasteiger partial charge in [0, 0.05) is 18.3 Å². The van der Waals surface area contributed by atoms with Crippen LogP contribution in [0, 0.1) is 12.7 Å². The van der Waals surface area contributed by atoms with Crippen molar-refractivity contribution in [2.24, 2.45) is 0 Å². The van der Waals surface area contributed by atoms with Crippen molar-refractivity contribution in [3.8, 4) is 0 Å². The highest BCUT2D eigenvalue weighted by Gasteiger charge is 2.42. The molecule has 0 bridgehead atoms. The van der Waals surface area contributed by atoms with E-state index in [4.69, 9.17) is 4.74 Å². The Hall–Kier alpha value is -1.09. The van der Waals surface area contributed by atoms with Crippen molar-refractivity contribution < 1.29 is 9.13 Å². The van der Waals surface area contributed by atoms with Crippen molar-refractivity contribution >= 4 is 5.69 Å². The van der Waals surface area contributed by atoms with Crippen molar-refractivity contribution in [3.63, 3.8) is 0 Å². The molecular weight excluding hydrogens is 229 g/mol. The zero-order valence-electron chi connectivity index (χ0n) is 10.8. The summed E-state index contributed by atoms with van der Waals surface area (Å²) in [5, 5.41) is 3.45. The number of rotatable bonds is 2. The van der Waals surface area contributed by atoms with E-state index in [1.54, 1.807) is 13.0 Å². The number of ether oxygens (including phenoxy) is 1. The summed E-state index contributed by atoms with van der Waals surface area (Å²) in [6.07, 6.45) is 5.73. The van der Waals surface area contributed by atoms with Gasteiger partial charge in [-0.3, -0.25) is 0 Å². The van der Waals surface area contributed by atoms with E-state index >= 15 is 0 Å².